The molecule has 0 amide bonds. The van der Waals surface area contributed by atoms with Crippen LogP contribution in [-0.2, 0) is 6.42 Å². The van der Waals surface area contributed by atoms with Crippen LogP contribution in [0.2, 0.25) is 0 Å². The summed E-state index contributed by atoms with van der Waals surface area (Å²) in [7, 11) is 1.71. The molecule has 0 aromatic heterocycles. The first-order valence-electron chi connectivity index (χ1n) is 6.79. The summed E-state index contributed by atoms with van der Waals surface area (Å²) >= 11 is 0. The molecule has 0 heterocycles. The predicted octanol–water partition coefficient (Wildman–Crippen LogP) is 4.22. The smallest absolute Gasteiger partial charge is 0.194 e. The van der Waals surface area contributed by atoms with Gasteiger partial charge in [-0.2, -0.15) is 0 Å². The zero-order valence-electron chi connectivity index (χ0n) is 12.3. The highest BCUT2D eigenvalue weighted by atomic mass is 19.2. The highest BCUT2D eigenvalue weighted by Crippen LogP contribution is 2.23. The van der Waals surface area contributed by atoms with Gasteiger partial charge in [0.25, 0.3) is 0 Å². The van der Waals surface area contributed by atoms with Crippen molar-refractivity contribution in [3.63, 3.8) is 0 Å². The van der Waals surface area contributed by atoms with E-state index in [9.17, 15) is 13.2 Å². The Labute approximate surface area is 122 Å². The van der Waals surface area contributed by atoms with Crippen LogP contribution < -0.4 is 5.32 Å². The van der Waals surface area contributed by atoms with E-state index in [-0.39, 0.29) is 6.04 Å². The first kappa shape index (κ1) is 15.6. The number of halogens is 3. The molecule has 112 valence electrons. The normalized spacial score (nSPS) is 12.5. The number of benzene rings is 2. The Kier molecular flexibility index (Phi) is 4.68. The van der Waals surface area contributed by atoms with Gasteiger partial charge in [-0.25, -0.2) is 13.2 Å². The van der Waals surface area contributed by atoms with E-state index < -0.39 is 17.5 Å². The van der Waals surface area contributed by atoms with Crippen LogP contribution in [0.25, 0.3) is 0 Å². The van der Waals surface area contributed by atoms with E-state index >= 15 is 0 Å². The summed E-state index contributed by atoms with van der Waals surface area (Å²) in [4.78, 5) is 0. The number of hydrogen-bond acceptors (Lipinski definition) is 1. The van der Waals surface area contributed by atoms with Gasteiger partial charge in [0.2, 0.25) is 0 Å². The highest BCUT2D eigenvalue weighted by Gasteiger charge is 2.17. The molecule has 0 radical (unpaired) electrons. The van der Waals surface area contributed by atoms with Gasteiger partial charge in [-0.05, 0) is 50.6 Å². The predicted molar refractivity (Wildman–Crippen MR) is 77.7 cm³/mol. The molecule has 0 bridgehead atoms. The lowest BCUT2D eigenvalue weighted by Gasteiger charge is -2.18. The first-order chi connectivity index (χ1) is 9.90. The number of aryl methyl sites for hydroxylation is 2. The van der Waals surface area contributed by atoms with Crippen LogP contribution in [0, 0.1) is 31.3 Å². The molecule has 0 spiro atoms. The van der Waals surface area contributed by atoms with Crippen molar-refractivity contribution in [2.75, 3.05) is 7.05 Å². The Hall–Kier alpha value is -1.81. The molecule has 0 saturated carbocycles. The monoisotopic (exact) mass is 293 g/mol. The van der Waals surface area contributed by atoms with Crippen LogP contribution in [0.15, 0.2) is 30.3 Å². The quantitative estimate of drug-likeness (QED) is 0.832. The van der Waals surface area contributed by atoms with E-state index in [1.807, 2.05) is 26.0 Å². The molecule has 2 rings (SSSR count). The maximum Gasteiger partial charge on any atom is 0.194 e. The average Bonchev–Trinajstić information content (AvgIpc) is 2.40. The molecule has 21 heavy (non-hydrogen) atoms. The molecule has 1 nitrogen and oxygen atoms in total. The molecule has 2 aromatic carbocycles. The van der Waals surface area contributed by atoms with Gasteiger partial charge in [-0.15, -0.1) is 0 Å². The average molecular weight is 293 g/mol. The summed E-state index contributed by atoms with van der Waals surface area (Å²) in [6, 6.07) is 7.94. The first-order valence-corrected chi connectivity index (χ1v) is 6.79. The molecular weight excluding hydrogens is 275 g/mol. The third-order valence-electron chi connectivity index (χ3n) is 3.48. The molecule has 1 N–H and O–H groups in total. The van der Waals surface area contributed by atoms with Gasteiger partial charge in [0.05, 0.1) is 0 Å². The van der Waals surface area contributed by atoms with E-state index in [4.69, 9.17) is 0 Å². The Bertz CT molecular complexity index is 609. The van der Waals surface area contributed by atoms with Gasteiger partial charge in [-0.3, -0.25) is 0 Å². The van der Waals surface area contributed by atoms with E-state index in [0.29, 0.717) is 12.0 Å². The van der Waals surface area contributed by atoms with Crippen molar-refractivity contribution in [1.29, 1.82) is 0 Å². The number of rotatable bonds is 4. The van der Waals surface area contributed by atoms with E-state index in [1.165, 1.54) is 0 Å². The lowest BCUT2D eigenvalue weighted by Crippen LogP contribution is -2.19. The molecule has 0 saturated heterocycles. The standard InChI is InChI=1S/C17H18F3N/c1-10-4-11(2)6-12(5-10)7-16(21-3)13-8-14(18)17(20)15(19)9-13/h4-6,8-9,16,21H,7H2,1-3H3. The van der Waals surface area contributed by atoms with E-state index in [2.05, 4.69) is 11.4 Å². The molecule has 0 fully saturated rings. The Morgan fingerprint density at radius 1 is 0.905 bits per heavy atom. The van der Waals surface area contributed by atoms with Gasteiger partial charge in [0.15, 0.2) is 17.5 Å². The summed E-state index contributed by atoms with van der Waals surface area (Å²) < 4.78 is 39.8. The summed E-state index contributed by atoms with van der Waals surface area (Å²) in [6.45, 7) is 4.00. The van der Waals surface area contributed by atoms with Crippen molar-refractivity contribution < 1.29 is 13.2 Å². The number of nitrogens with one attached hydrogen (secondary N) is 1. The fourth-order valence-electron chi connectivity index (χ4n) is 2.59. The third kappa shape index (κ3) is 3.64. The summed E-state index contributed by atoms with van der Waals surface area (Å²) in [5.74, 6) is -3.75. The SMILES string of the molecule is CNC(Cc1cc(C)cc(C)c1)c1cc(F)c(F)c(F)c1. The second-order valence-electron chi connectivity index (χ2n) is 5.34. The van der Waals surface area contributed by atoms with Gasteiger partial charge < -0.3 is 5.32 Å². The molecule has 0 aliphatic carbocycles. The fraction of sp³-hybridized carbons (Fsp3) is 0.294. The third-order valence-corrected chi connectivity index (χ3v) is 3.48. The summed E-state index contributed by atoms with van der Waals surface area (Å²) in [5, 5.41) is 3.02. The van der Waals surface area contributed by atoms with Crippen LogP contribution in [0.5, 0.6) is 0 Å². The minimum Gasteiger partial charge on any atom is -0.313 e. The Morgan fingerprint density at radius 3 is 1.90 bits per heavy atom. The molecule has 0 aliphatic rings. The van der Waals surface area contributed by atoms with Crippen LogP contribution in [0.3, 0.4) is 0 Å². The van der Waals surface area contributed by atoms with E-state index in [0.717, 1.165) is 28.8 Å². The zero-order valence-corrected chi connectivity index (χ0v) is 12.3. The molecule has 4 heteroatoms. The topological polar surface area (TPSA) is 12.0 Å². The van der Waals surface area contributed by atoms with Crippen molar-refractivity contribution >= 4 is 0 Å². The fourth-order valence-corrected chi connectivity index (χ4v) is 2.59. The second-order valence-corrected chi connectivity index (χ2v) is 5.34. The maximum absolute atomic E-state index is 13.4. The largest absolute Gasteiger partial charge is 0.313 e. The summed E-state index contributed by atoms with van der Waals surface area (Å²) in [6.07, 6.45) is 0.573. The highest BCUT2D eigenvalue weighted by molar-refractivity contribution is 5.31. The Morgan fingerprint density at radius 2 is 1.43 bits per heavy atom. The molecule has 2 aromatic rings. The Balaban J connectivity index is 2.31. The van der Waals surface area contributed by atoms with Crippen molar-refractivity contribution in [3.8, 4) is 0 Å². The van der Waals surface area contributed by atoms with Crippen LogP contribution >= 0.6 is 0 Å². The van der Waals surface area contributed by atoms with Crippen molar-refractivity contribution in [2.24, 2.45) is 0 Å². The molecule has 1 atom stereocenters. The molecular formula is C17H18F3N. The molecule has 1 unspecified atom stereocenters. The van der Waals surface area contributed by atoms with Crippen molar-refractivity contribution in [2.45, 2.75) is 26.3 Å². The second kappa shape index (κ2) is 6.31. The lowest BCUT2D eigenvalue weighted by molar-refractivity contribution is 0.441. The summed E-state index contributed by atoms with van der Waals surface area (Å²) in [5.41, 5.74) is 3.73. The maximum atomic E-state index is 13.4. The molecule has 0 aliphatic heterocycles. The number of hydrogen-bond donors (Lipinski definition) is 1. The van der Waals surface area contributed by atoms with Crippen LogP contribution in [0.1, 0.15) is 28.3 Å². The van der Waals surface area contributed by atoms with Crippen molar-refractivity contribution in [3.05, 3.63) is 70.0 Å². The van der Waals surface area contributed by atoms with Gasteiger partial charge >= 0.3 is 0 Å². The van der Waals surface area contributed by atoms with Gasteiger partial charge in [0.1, 0.15) is 0 Å². The van der Waals surface area contributed by atoms with Gasteiger partial charge in [-0.1, -0.05) is 29.3 Å². The zero-order chi connectivity index (χ0) is 15.6. The lowest BCUT2D eigenvalue weighted by atomic mass is 9.96. The minimum atomic E-state index is -1.43. The van der Waals surface area contributed by atoms with Crippen LogP contribution in [-0.4, -0.2) is 7.05 Å². The van der Waals surface area contributed by atoms with Crippen molar-refractivity contribution in [1.82, 2.24) is 5.32 Å². The van der Waals surface area contributed by atoms with Crippen LogP contribution in [0.4, 0.5) is 13.2 Å². The number of likely N-dealkylation sites (N-methyl/N-ethyl adjacent to an activating group) is 1. The van der Waals surface area contributed by atoms with Gasteiger partial charge in [0, 0.05) is 6.04 Å². The van der Waals surface area contributed by atoms with E-state index in [1.54, 1.807) is 7.05 Å². The minimum absolute atomic E-state index is 0.282.